The fraction of sp³-hybridized carbons (Fsp3) is 0.353. The smallest absolute Gasteiger partial charge is 0.208 e. The van der Waals surface area contributed by atoms with E-state index >= 15 is 0 Å². The molecule has 0 unspecified atom stereocenters. The Balaban J connectivity index is 1.73. The first-order chi connectivity index (χ1) is 10.2. The normalized spacial score (nSPS) is 11.4. The molecule has 0 bridgehead atoms. The second kappa shape index (κ2) is 5.74. The van der Waals surface area contributed by atoms with Crippen molar-refractivity contribution in [1.29, 1.82) is 0 Å². The molecule has 1 N–H and O–H groups in total. The summed E-state index contributed by atoms with van der Waals surface area (Å²) < 4.78 is 7.86. The van der Waals surface area contributed by atoms with Crippen molar-refractivity contribution in [3.05, 3.63) is 53.4 Å². The van der Waals surface area contributed by atoms with Gasteiger partial charge < -0.3 is 14.3 Å². The van der Waals surface area contributed by atoms with Gasteiger partial charge in [0.1, 0.15) is 5.76 Å². The molecular formula is C17H21N3O. The highest BCUT2D eigenvalue weighted by atomic mass is 16.4. The highest BCUT2D eigenvalue weighted by Crippen LogP contribution is 2.24. The fourth-order valence-corrected chi connectivity index (χ4v) is 2.77. The first kappa shape index (κ1) is 13.9. The molecule has 0 spiro atoms. The summed E-state index contributed by atoms with van der Waals surface area (Å²) in [5.41, 5.74) is 3.91. The molecule has 1 aromatic carbocycles. The maximum atomic E-state index is 5.61. The van der Waals surface area contributed by atoms with Crippen molar-refractivity contribution < 1.29 is 4.42 Å². The molecule has 0 saturated heterocycles. The molecule has 0 aliphatic heterocycles. The van der Waals surface area contributed by atoms with Crippen molar-refractivity contribution in [2.45, 2.75) is 33.4 Å². The third-order valence-electron chi connectivity index (χ3n) is 4.03. The van der Waals surface area contributed by atoms with Crippen molar-refractivity contribution >= 4 is 10.9 Å². The Hall–Kier alpha value is -2.07. The van der Waals surface area contributed by atoms with Crippen molar-refractivity contribution in [2.24, 2.45) is 7.05 Å². The summed E-state index contributed by atoms with van der Waals surface area (Å²) in [5, 5.41) is 4.74. The predicted molar refractivity (Wildman–Crippen MR) is 84.1 cm³/mol. The molecule has 0 fully saturated rings. The average molecular weight is 283 g/mol. The van der Waals surface area contributed by atoms with E-state index in [2.05, 4.69) is 60.0 Å². The maximum Gasteiger partial charge on any atom is 0.208 e. The lowest BCUT2D eigenvalue weighted by Crippen LogP contribution is -2.15. The molecule has 3 aromatic rings. The monoisotopic (exact) mass is 283 g/mol. The average Bonchev–Trinajstić information content (AvgIpc) is 3.06. The third-order valence-corrected chi connectivity index (χ3v) is 4.03. The van der Waals surface area contributed by atoms with Crippen LogP contribution in [0.5, 0.6) is 0 Å². The van der Waals surface area contributed by atoms with Gasteiger partial charge in [0.25, 0.3) is 0 Å². The predicted octanol–water partition coefficient (Wildman–Crippen LogP) is 3.33. The van der Waals surface area contributed by atoms with E-state index in [0.717, 1.165) is 24.6 Å². The summed E-state index contributed by atoms with van der Waals surface area (Å²) in [6.45, 7) is 5.71. The standard InChI is InChI=1S/C17H21N3O/c1-4-13-9-19-17(21-13)11-18-10-16-12(2)14-7-5-6-8-15(14)20(16)3/h5-9,18H,4,10-11H2,1-3H3. The van der Waals surface area contributed by atoms with Crippen LogP contribution < -0.4 is 5.32 Å². The molecule has 3 rings (SSSR count). The molecule has 0 aliphatic carbocycles. The zero-order chi connectivity index (χ0) is 14.8. The molecule has 2 heterocycles. The zero-order valence-electron chi connectivity index (χ0n) is 12.8. The van der Waals surface area contributed by atoms with Gasteiger partial charge in [0.2, 0.25) is 5.89 Å². The van der Waals surface area contributed by atoms with Gasteiger partial charge in [0.15, 0.2) is 0 Å². The van der Waals surface area contributed by atoms with Crippen LogP contribution in [-0.2, 0) is 26.6 Å². The lowest BCUT2D eigenvalue weighted by Gasteiger charge is -2.06. The number of oxazole rings is 1. The van der Waals surface area contributed by atoms with E-state index in [4.69, 9.17) is 4.42 Å². The van der Waals surface area contributed by atoms with Crippen LogP contribution in [0.15, 0.2) is 34.9 Å². The van der Waals surface area contributed by atoms with Gasteiger partial charge in [0, 0.05) is 36.6 Å². The Kier molecular flexibility index (Phi) is 3.80. The number of hydrogen-bond donors (Lipinski definition) is 1. The first-order valence-corrected chi connectivity index (χ1v) is 7.38. The Morgan fingerprint density at radius 2 is 2.05 bits per heavy atom. The number of hydrogen-bond acceptors (Lipinski definition) is 3. The van der Waals surface area contributed by atoms with Gasteiger partial charge in [-0.15, -0.1) is 0 Å². The van der Waals surface area contributed by atoms with Crippen molar-refractivity contribution in [3.8, 4) is 0 Å². The number of nitrogens with zero attached hydrogens (tertiary/aromatic N) is 2. The molecule has 0 amide bonds. The van der Waals surface area contributed by atoms with Gasteiger partial charge in [0.05, 0.1) is 12.7 Å². The van der Waals surface area contributed by atoms with E-state index in [1.165, 1.54) is 22.2 Å². The number of rotatable bonds is 5. The van der Waals surface area contributed by atoms with Gasteiger partial charge in [-0.2, -0.15) is 0 Å². The molecule has 4 heteroatoms. The van der Waals surface area contributed by atoms with Gasteiger partial charge in [-0.3, -0.25) is 0 Å². The third kappa shape index (κ3) is 2.59. The van der Waals surface area contributed by atoms with Gasteiger partial charge in [-0.1, -0.05) is 25.1 Å². The quantitative estimate of drug-likeness (QED) is 0.781. The minimum absolute atomic E-state index is 0.654. The zero-order valence-corrected chi connectivity index (χ0v) is 12.8. The Bertz CT molecular complexity index is 716. The van der Waals surface area contributed by atoms with Crippen molar-refractivity contribution in [3.63, 3.8) is 0 Å². The highest BCUT2D eigenvalue weighted by Gasteiger charge is 2.11. The topological polar surface area (TPSA) is 43.0 Å². The molecule has 0 atom stereocenters. The molecule has 0 aliphatic rings. The van der Waals surface area contributed by atoms with Crippen LogP contribution in [-0.4, -0.2) is 9.55 Å². The lowest BCUT2D eigenvalue weighted by atomic mass is 10.1. The molecule has 110 valence electrons. The summed E-state index contributed by atoms with van der Waals surface area (Å²) >= 11 is 0. The van der Waals surface area contributed by atoms with Crippen LogP contribution in [0.25, 0.3) is 10.9 Å². The minimum atomic E-state index is 0.654. The Morgan fingerprint density at radius 3 is 2.76 bits per heavy atom. The lowest BCUT2D eigenvalue weighted by molar-refractivity contribution is 0.437. The molecule has 2 aromatic heterocycles. The summed E-state index contributed by atoms with van der Waals surface area (Å²) in [5.74, 6) is 1.69. The van der Waals surface area contributed by atoms with Crippen LogP contribution in [0.4, 0.5) is 0 Å². The Labute approximate surface area is 124 Å². The van der Waals surface area contributed by atoms with Crippen LogP contribution in [0, 0.1) is 6.92 Å². The second-order valence-corrected chi connectivity index (χ2v) is 5.33. The van der Waals surface area contributed by atoms with Crippen LogP contribution >= 0.6 is 0 Å². The number of nitrogens with one attached hydrogen (secondary N) is 1. The van der Waals surface area contributed by atoms with E-state index < -0.39 is 0 Å². The molecule has 0 radical (unpaired) electrons. The van der Waals surface area contributed by atoms with Crippen LogP contribution in [0.1, 0.15) is 29.8 Å². The van der Waals surface area contributed by atoms with Crippen molar-refractivity contribution in [1.82, 2.24) is 14.9 Å². The minimum Gasteiger partial charge on any atom is -0.444 e. The largest absolute Gasteiger partial charge is 0.444 e. The molecule has 21 heavy (non-hydrogen) atoms. The van der Waals surface area contributed by atoms with E-state index in [-0.39, 0.29) is 0 Å². The Morgan fingerprint density at radius 1 is 1.24 bits per heavy atom. The molecule has 4 nitrogen and oxygen atoms in total. The van der Waals surface area contributed by atoms with Crippen LogP contribution in [0.2, 0.25) is 0 Å². The van der Waals surface area contributed by atoms with Gasteiger partial charge in [-0.05, 0) is 18.6 Å². The summed E-state index contributed by atoms with van der Waals surface area (Å²) in [4.78, 5) is 4.27. The van der Waals surface area contributed by atoms with Crippen molar-refractivity contribution in [2.75, 3.05) is 0 Å². The maximum absolute atomic E-state index is 5.61. The number of fused-ring (bicyclic) bond motifs is 1. The number of aryl methyl sites for hydroxylation is 3. The van der Waals surface area contributed by atoms with Crippen LogP contribution in [0.3, 0.4) is 0 Å². The van der Waals surface area contributed by atoms with Gasteiger partial charge >= 0.3 is 0 Å². The summed E-state index contributed by atoms with van der Waals surface area (Å²) in [6.07, 6.45) is 2.69. The first-order valence-electron chi connectivity index (χ1n) is 7.38. The summed E-state index contributed by atoms with van der Waals surface area (Å²) in [7, 11) is 2.12. The fourth-order valence-electron chi connectivity index (χ4n) is 2.77. The van der Waals surface area contributed by atoms with E-state index in [0.29, 0.717) is 6.54 Å². The molecule has 0 saturated carbocycles. The van der Waals surface area contributed by atoms with E-state index in [9.17, 15) is 0 Å². The SMILES string of the molecule is CCc1cnc(CNCc2c(C)c3ccccc3n2C)o1. The van der Waals surface area contributed by atoms with E-state index in [1.54, 1.807) is 6.20 Å². The highest BCUT2D eigenvalue weighted by molar-refractivity contribution is 5.85. The number of para-hydroxylation sites is 1. The van der Waals surface area contributed by atoms with Gasteiger partial charge in [-0.25, -0.2) is 4.98 Å². The number of benzene rings is 1. The van der Waals surface area contributed by atoms with E-state index in [1.807, 2.05) is 0 Å². The summed E-state index contributed by atoms with van der Waals surface area (Å²) in [6, 6.07) is 8.51. The number of aromatic nitrogens is 2. The second-order valence-electron chi connectivity index (χ2n) is 5.33. The molecular weight excluding hydrogens is 262 g/mol.